The molecule has 0 radical (unpaired) electrons. The maximum absolute atomic E-state index is 13.9. The number of halogens is 4. The molecule has 9 heteroatoms. The van der Waals surface area contributed by atoms with E-state index in [1.165, 1.54) is 30.4 Å². The van der Waals surface area contributed by atoms with E-state index in [1.54, 1.807) is 17.8 Å². The van der Waals surface area contributed by atoms with Crippen molar-refractivity contribution >= 4 is 35.0 Å². The van der Waals surface area contributed by atoms with Crippen molar-refractivity contribution < 1.29 is 18.0 Å². The number of aromatic nitrogens is 1. The second-order valence-corrected chi connectivity index (χ2v) is 10.1. The lowest BCUT2D eigenvalue weighted by atomic mass is 9.99. The van der Waals surface area contributed by atoms with Crippen molar-refractivity contribution in [3.63, 3.8) is 0 Å². The fraction of sp³-hybridized carbons (Fsp3) is 0.478. The van der Waals surface area contributed by atoms with Crippen molar-refractivity contribution in [2.45, 2.75) is 43.9 Å². The van der Waals surface area contributed by atoms with E-state index < -0.39 is 18.1 Å². The predicted octanol–water partition coefficient (Wildman–Crippen LogP) is 5.52. The van der Waals surface area contributed by atoms with Gasteiger partial charge in [0.15, 0.2) is 6.04 Å². The fourth-order valence-electron chi connectivity index (χ4n) is 4.52. The third-order valence-electron chi connectivity index (χ3n) is 6.15. The molecule has 2 aliphatic rings. The molecule has 0 spiro atoms. The highest BCUT2D eigenvalue weighted by atomic mass is 35.5. The topological polar surface area (TPSA) is 45.2 Å². The van der Waals surface area contributed by atoms with Crippen molar-refractivity contribution in [2.75, 3.05) is 23.9 Å². The number of anilines is 1. The number of benzene rings is 1. The van der Waals surface area contributed by atoms with Gasteiger partial charge in [-0.2, -0.15) is 24.9 Å². The maximum Gasteiger partial charge on any atom is 0.414 e. The summed E-state index contributed by atoms with van der Waals surface area (Å²) in [5.74, 6) is 0.789. The molecule has 1 saturated heterocycles. The molecule has 0 bridgehead atoms. The van der Waals surface area contributed by atoms with E-state index in [4.69, 9.17) is 11.6 Å². The number of pyridine rings is 1. The molecule has 0 saturated carbocycles. The third-order valence-corrected chi connectivity index (χ3v) is 7.44. The van der Waals surface area contributed by atoms with Crippen molar-refractivity contribution in [1.29, 1.82) is 0 Å². The number of nitrogens with zero attached hydrogens (tertiary/aromatic N) is 2. The Labute approximate surface area is 194 Å². The first kappa shape index (κ1) is 23.2. The molecule has 32 heavy (non-hydrogen) atoms. The molecule has 1 fully saturated rings. The van der Waals surface area contributed by atoms with Gasteiger partial charge < -0.3 is 10.2 Å². The minimum Gasteiger partial charge on any atom is -0.380 e. The van der Waals surface area contributed by atoms with E-state index in [0.29, 0.717) is 23.6 Å². The Morgan fingerprint density at radius 1 is 1.19 bits per heavy atom. The van der Waals surface area contributed by atoms with Crippen LogP contribution < -0.4 is 5.32 Å². The highest BCUT2D eigenvalue weighted by Crippen LogP contribution is 2.38. The standard InChI is InChI=1S/C23H25ClF3N3OS/c1-30(22(31)14-6-8-32-9-7-14)21(23(25,26)27)20-5-4-18(13-28-20)29-19-11-15-2-3-17(24)10-16(15)12-19/h2-5,10,13-14,19,21,29H,6-9,11-12H2,1H3/t19-,21-/m0/s1. The Hall–Kier alpha value is -1.93. The van der Waals surface area contributed by atoms with Gasteiger partial charge in [-0.25, -0.2) is 0 Å². The van der Waals surface area contributed by atoms with E-state index in [1.807, 2.05) is 18.2 Å². The van der Waals surface area contributed by atoms with Gasteiger partial charge >= 0.3 is 6.18 Å². The summed E-state index contributed by atoms with van der Waals surface area (Å²) in [6, 6.07) is 6.85. The van der Waals surface area contributed by atoms with Gasteiger partial charge in [-0.15, -0.1) is 0 Å². The molecular weight excluding hydrogens is 459 g/mol. The van der Waals surface area contributed by atoms with Crippen LogP contribution >= 0.6 is 23.4 Å². The summed E-state index contributed by atoms with van der Waals surface area (Å²) in [5.41, 5.74) is 2.87. The number of carbonyl (C=O) groups excluding carboxylic acids is 1. The van der Waals surface area contributed by atoms with E-state index in [9.17, 15) is 18.0 Å². The summed E-state index contributed by atoms with van der Waals surface area (Å²) in [7, 11) is 1.23. The summed E-state index contributed by atoms with van der Waals surface area (Å²) in [6.07, 6.45) is -0.356. The number of hydrogen-bond acceptors (Lipinski definition) is 4. The van der Waals surface area contributed by atoms with Crippen LogP contribution in [0.4, 0.5) is 18.9 Å². The van der Waals surface area contributed by atoms with Crippen LogP contribution in [0.2, 0.25) is 5.02 Å². The number of thioether (sulfide) groups is 1. The van der Waals surface area contributed by atoms with Gasteiger partial charge in [-0.1, -0.05) is 17.7 Å². The molecule has 2 heterocycles. The molecule has 1 aromatic heterocycles. The lowest BCUT2D eigenvalue weighted by Crippen LogP contribution is -2.43. The lowest BCUT2D eigenvalue weighted by Gasteiger charge is -2.33. The highest BCUT2D eigenvalue weighted by Gasteiger charge is 2.47. The second kappa shape index (κ2) is 9.51. The number of hydrogen-bond donors (Lipinski definition) is 1. The van der Waals surface area contributed by atoms with Gasteiger partial charge in [-0.3, -0.25) is 9.78 Å². The second-order valence-electron chi connectivity index (χ2n) is 8.41. The maximum atomic E-state index is 13.9. The molecule has 172 valence electrons. The SMILES string of the molecule is CN(C(=O)C1CCSCC1)[C@@H](c1ccc(N[C@H]2Cc3ccc(Cl)cc3C2)cn1)C(F)(F)F. The van der Waals surface area contributed by atoms with Crippen molar-refractivity contribution in [3.8, 4) is 0 Å². The summed E-state index contributed by atoms with van der Waals surface area (Å²) < 4.78 is 41.8. The fourth-order valence-corrected chi connectivity index (χ4v) is 5.82. The number of rotatable bonds is 5. The molecule has 2 aromatic rings. The zero-order valence-corrected chi connectivity index (χ0v) is 19.2. The van der Waals surface area contributed by atoms with Crippen LogP contribution in [0.15, 0.2) is 36.5 Å². The van der Waals surface area contributed by atoms with Gasteiger partial charge in [0.1, 0.15) is 0 Å². The van der Waals surface area contributed by atoms with Crippen LogP contribution in [0.5, 0.6) is 0 Å². The number of nitrogens with one attached hydrogen (secondary N) is 1. The molecule has 0 unspecified atom stereocenters. The largest absolute Gasteiger partial charge is 0.414 e. The van der Waals surface area contributed by atoms with Crippen LogP contribution in [-0.2, 0) is 17.6 Å². The van der Waals surface area contributed by atoms with Crippen molar-refractivity contribution in [3.05, 3.63) is 58.4 Å². The number of amides is 1. The van der Waals surface area contributed by atoms with Gasteiger partial charge in [0.2, 0.25) is 5.91 Å². The summed E-state index contributed by atoms with van der Waals surface area (Å²) in [4.78, 5) is 17.7. The summed E-state index contributed by atoms with van der Waals surface area (Å²) >= 11 is 7.79. The Kier molecular flexibility index (Phi) is 6.91. The highest BCUT2D eigenvalue weighted by molar-refractivity contribution is 7.99. The van der Waals surface area contributed by atoms with Crippen LogP contribution in [0.3, 0.4) is 0 Å². The summed E-state index contributed by atoms with van der Waals surface area (Å²) in [5, 5.41) is 4.04. The van der Waals surface area contributed by atoms with Crippen LogP contribution in [0.1, 0.15) is 35.7 Å². The molecule has 4 rings (SSSR count). The quantitative estimate of drug-likeness (QED) is 0.608. The average Bonchev–Trinajstić information content (AvgIpc) is 3.15. The number of fused-ring (bicyclic) bond motifs is 1. The van der Waals surface area contributed by atoms with Crippen LogP contribution in [0, 0.1) is 5.92 Å². The molecule has 1 aliphatic heterocycles. The van der Waals surface area contributed by atoms with E-state index in [2.05, 4.69) is 10.3 Å². The predicted molar refractivity (Wildman–Crippen MR) is 122 cm³/mol. The Balaban J connectivity index is 1.46. The first-order chi connectivity index (χ1) is 15.2. The molecule has 1 aromatic carbocycles. The zero-order chi connectivity index (χ0) is 22.9. The Morgan fingerprint density at radius 3 is 2.56 bits per heavy atom. The zero-order valence-electron chi connectivity index (χ0n) is 17.7. The number of carbonyl (C=O) groups is 1. The average molecular weight is 484 g/mol. The monoisotopic (exact) mass is 483 g/mol. The van der Waals surface area contributed by atoms with Gasteiger partial charge in [0.05, 0.1) is 17.6 Å². The Morgan fingerprint density at radius 2 is 1.91 bits per heavy atom. The van der Waals surface area contributed by atoms with Crippen molar-refractivity contribution in [1.82, 2.24) is 9.88 Å². The van der Waals surface area contributed by atoms with Crippen LogP contribution in [-0.4, -0.2) is 46.6 Å². The van der Waals surface area contributed by atoms with Gasteiger partial charge in [0, 0.05) is 24.0 Å². The number of alkyl halides is 3. The first-order valence-electron chi connectivity index (χ1n) is 10.6. The Bertz CT molecular complexity index is 964. The minimum atomic E-state index is -4.61. The molecule has 4 nitrogen and oxygen atoms in total. The van der Waals surface area contributed by atoms with Crippen molar-refractivity contribution in [2.24, 2.45) is 5.92 Å². The first-order valence-corrected chi connectivity index (χ1v) is 12.2. The smallest absolute Gasteiger partial charge is 0.380 e. The van der Waals surface area contributed by atoms with Crippen LogP contribution in [0.25, 0.3) is 0 Å². The van der Waals surface area contributed by atoms with Gasteiger partial charge in [-0.05, 0) is 72.6 Å². The normalized spacial score (nSPS) is 20.0. The molecule has 1 N–H and O–H groups in total. The summed E-state index contributed by atoms with van der Waals surface area (Å²) in [6.45, 7) is 0. The lowest BCUT2D eigenvalue weighted by molar-refractivity contribution is -0.191. The molecular formula is C23H25ClF3N3OS. The molecule has 2 atom stereocenters. The van der Waals surface area contributed by atoms with E-state index in [-0.39, 0.29) is 17.7 Å². The third kappa shape index (κ3) is 5.17. The molecule has 1 aliphatic carbocycles. The minimum absolute atomic E-state index is 0.128. The van der Waals surface area contributed by atoms with E-state index >= 15 is 0 Å². The molecule has 1 amide bonds. The van der Waals surface area contributed by atoms with Gasteiger partial charge in [0.25, 0.3) is 0 Å². The van der Waals surface area contributed by atoms with E-state index in [0.717, 1.165) is 29.2 Å².